The number of carbonyl (C=O) groups is 1. The van der Waals surface area contributed by atoms with Gasteiger partial charge >= 0.3 is 17.3 Å². The Hall–Kier alpha value is -6.08. The summed E-state index contributed by atoms with van der Waals surface area (Å²) in [5, 5.41) is 18.6. The molecule has 0 atom stereocenters. The Morgan fingerprint density at radius 2 is 0.875 bits per heavy atom. The van der Waals surface area contributed by atoms with Gasteiger partial charge in [-0.2, -0.15) is 5.26 Å². The number of anilines is 3. The summed E-state index contributed by atoms with van der Waals surface area (Å²) in [5.41, 5.74) is 8.89. The summed E-state index contributed by atoms with van der Waals surface area (Å²) in [4.78, 5) is 42.1. The average molecular weight is 865 g/mol. The predicted octanol–water partition coefficient (Wildman–Crippen LogP) is 13.4. The molecule has 1 N–H and O–H groups in total. The van der Waals surface area contributed by atoms with Gasteiger partial charge in [0.15, 0.2) is 0 Å². The number of fused-ring (bicyclic) bond motifs is 2. The van der Waals surface area contributed by atoms with Gasteiger partial charge in [0.2, 0.25) is 0 Å². The van der Waals surface area contributed by atoms with Crippen LogP contribution in [0.5, 0.6) is 0 Å². The van der Waals surface area contributed by atoms with E-state index in [1.807, 2.05) is 42.5 Å². The fourth-order valence-electron chi connectivity index (χ4n) is 8.88. The van der Waals surface area contributed by atoms with E-state index < -0.39 is 5.97 Å². The number of imidazole rings is 2. The molecule has 0 unspecified atom stereocenters. The summed E-state index contributed by atoms with van der Waals surface area (Å²) in [6, 6.07) is 30.4. The van der Waals surface area contributed by atoms with E-state index in [-0.39, 0.29) is 17.0 Å². The first-order valence-corrected chi connectivity index (χ1v) is 24.1. The fourth-order valence-corrected chi connectivity index (χ4v) is 8.88. The number of nitrogens with zero attached hydrogens (tertiary/aromatic N) is 6. The zero-order chi connectivity index (χ0) is 45.4. The number of carboxylic acid groups (broad SMARTS) is 1. The Kier molecular flexibility index (Phi) is 17.4. The van der Waals surface area contributed by atoms with Crippen LogP contribution in [0, 0.1) is 11.3 Å². The van der Waals surface area contributed by atoms with Crippen LogP contribution in [0.3, 0.4) is 0 Å². The molecule has 0 bridgehead atoms. The lowest BCUT2D eigenvalue weighted by Gasteiger charge is -2.26. The standard InChI is InChI=1S/C54H68N6O4/c1-5-9-13-17-33-56-48-31-29-46(38-50(48)58(53(56)63)35-19-15-11-7-3)60(45-27-25-43(26-28-45)42-23-21-41(22-24-42)37-44(40-55)52(61)62)47-30-32-49-51(39-47)59(36-20-16-12-8-4)54(64)57(49)34-18-14-10-6-2/h21-32,37-39H,5-20,33-36H2,1-4H3,(H,61,62)/b44-37+. The van der Waals surface area contributed by atoms with Crippen molar-refractivity contribution in [3.05, 3.63) is 117 Å². The molecular weight excluding hydrogens is 797 g/mol. The van der Waals surface area contributed by atoms with E-state index in [1.165, 1.54) is 6.08 Å². The molecule has 10 nitrogen and oxygen atoms in total. The van der Waals surface area contributed by atoms with E-state index in [9.17, 15) is 24.8 Å². The van der Waals surface area contributed by atoms with Crippen LogP contribution in [-0.4, -0.2) is 29.3 Å². The highest BCUT2D eigenvalue weighted by Gasteiger charge is 2.21. The van der Waals surface area contributed by atoms with E-state index >= 15 is 0 Å². The highest BCUT2D eigenvalue weighted by atomic mass is 16.4. The number of hydrogen-bond acceptors (Lipinski definition) is 5. The highest BCUT2D eigenvalue weighted by molar-refractivity contribution is 5.96. The SMILES string of the molecule is CCCCCCn1c(=O)n(CCCCCC)c2cc(N(c3ccc(-c4ccc(/C=C(\C#N)C(=O)O)cc4)cc3)c3ccc4c(c3)n(CCCCCC)c(=O)n4CCCCCC)ccc21. The monoisotopic (exact) mass is 865 g/mol. The van der Waals surface area contributed by atoms with Crippen LogP contribution in [0.1, 0.15) is 136 Å². The van der Waals surface area contributed by atoms with Crippen LogP contribution in [0.4, 0.5) is 17.1 Å². The number of aromatic nitrogens is 4. The molecule has 6 rings (SSSR count). The van der Waals surface area contributed by atoms with Crippen LogP contribution >= 0.6 is 0 Å². The number of nitriles is 1. The number of aryl methyl sites for hydroxylation is 4. The molecule has 0 fully saturated rings. The van der Waals surface area contributed by atoms with Crippen molar-refractivity contribution in [2.75, 3.05) is 4.90 Å². The van der Waals surface area contributed by atoms with Crippen molar-refractivity contribution in [2.24, 2.45) is 0 Å². The maximum atomic E-state index is 14.2. The first kappa shape index (κ1) is 47.4. The minimum atomic E-state index is -1.25. The largest absolute Gasteiger partial charge is 0.477 e. The number of unbranched alkanes of at least 4 members (excludes halogenated alkanes) is 12. The Bertz CT molecular complexity index is 2530. The van der Waals surface area contributed by atoms with Crippen LogP contribution in [0.25, 0.3) is 39.3 Å². The third kappa shape index (κ3) is 11.3. The maximum absolute atomic E-state index is 14.2. The lowest BCUT2D eigenvalue weighted by molar-refractivity contribution is -0.132. The Morgan fingerprint density at radius 1 is 0.516 bits per heavy atom. The van der Waals surface area contributed by atoms with Crippen molar-refractivity contribution in [3.63, 3.8) is 0 Å². The molecule has 10 heteroatoms. The predicted molar refractivity (Wildman–Crippen MR) is 264 cm³/mol. The second kappa shape index (κ2) is 23.6. The minimum absolute atomic E-state index is 0.0538. The molecule has 0 aliphatic carbocycles. The van der Waals surface area contributed by atoms with Gasteiger partial charge in [0.05, 0.1) is 22.1 Å². The van der Waals surface area contributed by atoms with Crippen molar-refractivity contribution >= 4 is 51.2 Å². The normalized spacial score (nSPS) is 11.8. The quantitative estimate of drug-likeness (QED) is 0.0329. The van der Waals surface area contributed by atoms with Crippen LogP contribution in [0.2, 0.25) is 0 Å². The number of carboxylic acids is 1. The molecule has 338 valence electrons. The van der Waals surface area contributed by atoms with Crippen molar-refractivity contribution in [1.29, 1.82) is 5.26 Å². The molecular formula is C54H68N6O4. The number of rotatable bonds is 26. The Labute approximate surface area is 379 Å². The van der Waals surface area contributed by atoms with Gasteiger partial charge in [-0.15, -0.1) is 0 Å². The topological polar surface area (TPSA) is 118 Å². The molecule has 2 aromatic heterocycles. The van der Waals surface area contributed by atoms with E-state index in [1.54, 1.807) is 6.07 Å². The molecule has 6 aromatic rings. The van der Waals surface area contributed by atoms with Crippen molar-refractivity contribution in [1.82, 2.24) is 18.3 Å². The van der Waals surface area contributed by atoms with Gasteiger partial charge < -0.3 is 10.0 Å². The molecule has 0 saturated carbocycles. The smallest absolute Gasteiger partial charge is 0.346 e. The van der Waals surface area contributed by atoms with Crippen LogP contribution in [-0.2, 0) is 31.0 Å². The molecule has 0 saturated heterocycles. The van der Waals surface area contributed by atoms with E-state index in [2.05, 4.69) is 93.3 Å². The highest BCUT2D eigenvalue weighted by Crippen LogP contribution is 2.38. The van der Waals surface area contributed by atoms with Gasteiger partial charge in [0.25, 0.3) is 0 Å². The third-order valence-corrected chi connectivity index (χ3v) is 12.5. The van der Waals surface area contributed by atoms with Crippen LogP contribution in [0.15, 0.2) is 100 Å². The van der Waals surface area contributed by atoms with Gasteiger partial charge in [0, 0.05) is 43.2 Å². The molecule has 0 spiro atoms. The first-order valence-electron chi connectivity index (χ1n) is 24.1. The Balaban J connectivity index is 1.48. The average Bonchev–Trinajstić information content (AvgIpc) is 3.72. The number of aliphatic carboxylic acids is 1. The van der Waals surface area contributed by atoms with E-state index in [0.29, 0.717) is 31.7 Å². The first-order chi connectivity index (χ1) is 31.2. The second-order valence-corrected chi connectivity index (χ2v) is 17.2. The Morgan fingerprint density at radius 3 is 1.23 bits per heavy atom. The van der Waals surface area contributed by atoms with Crippen LogP contribution < -0.4 is 16.3 Å². The summed E-state index contributed by atoms with van der Waals surface area (Å²) in [6.45, 7) is 11.5. The summed E-state index contributed by atoms with van der Waals surface area (Å²) >= 11 is 0. The van der Waals surface area contributed by atoms with Gasteiger partial charge in [-0.05, 0) is 97.0 Å². The van der Waals surface area contributed by atoms with Gasteiger partial charge in [0.1, 0.15) is 11.6 Å². The number of hydrogen-bond donors (Lipinski definition) is 1. The second-order valence-electron chi connectivity index (χ2n) is 17.2. The van der Waals surface area contributed by atoms with Gasteiger partial charge in [-0.3, -0.25) is 18.3 Å². The van der Waals surface area contributed by atoms with Crippen molar-refractivity contribution in [3.8, 4) is 17.2 Å². The lowest BCUT2D eigenvalue weighted by atomic mass is 10.0. The number of benzene rings is 4. The summed E-state index contributed by atoms with van der Waals surface area (Å²) in [7, 11) is 0. The van der Waals surface area contributed by atoms with Gasteiger partial charge in [-0.25, -0.2) is 14.4 Å². The summed E-state index contributed by atoms with van der Waals surface area (Å²) < 4.78 is 7.93. The summed E-state index contributed by atoms with van der Waals surface area (Å²) in [6.07, 6.45) is 18.6. The van der Waals surface area contributed by atoms with Crippen molar-refractivity contribution in [2.45, 2.75) is 157 Å². The molecule has 0 amide bonds. The van der Waals surface area contributed by atoms with Crippen molar-refractivity contribution < 1.29 is 9.90 Å². The zero-order valence-electron chi connectivity index (χ0n) is 38.7. The fraction of sp³-hybridized carbons (Fsp3) is 0.444. The van der Waals surface area contributed by atoms with E-state index in [0.717, 1.165) is 153 Å². The molecule has 4 aromatic carbocycles. The van der Waals surface area contributed by atoms with Gasteiger partial charge in [-0.1, -0.05) is 141 Å². The molecule has 2 heterocycles. The lowest BCUT2D eigenvalue weighted by Crippen LogP contribution is -2.24. The zero-order valence-corrected chi connectivity index (χ0v) is 38.7. The molecule has 64 heavy (non-hydrogen) atoms. The molecule has 0 aliphatic rings. The summed E-state index contributed by atoms with van der Waals surface area (Å²) in [5.74, 6) is -1.25. The third-order valence-electron chi connectivity index (χ3n) is 12.5. The maximum Gasteiger partial charge on any atom is 0.346 e. The molecule has 0 radical (unpaired) electrons. The molecule has 0 aliphatic heterocycles. The van der Waals surface area contributed by atoms with E-state index in [4.69, 9.17) is 0 Å². The minimum Gasteiger partial charge on any atom is -0.477 e.